The molecule has 0 N–H and O–H groups in total. The van der Waals surface area contributed by atoms with Gasteiger partial charge in [0.25, 0.3) is 0 Å². The van der Waals surface area contributed by atoms with Crippen molar-refractivity contribution in [3.8, 4) is 0 Å². The lowest BCUT2D eigenvalue weighted by atomic mass is 10.3. The second-order valence-corrected chi connectivity index (χ2v) is 13.0. The average molecular weight is 445 g/mol. The number of thiazole rings is 2. The van der Waals surface area contributed by atoms with Crippen LogP contribution in [0.3, 0.4) is 0 Å². The fourth-order valence-corrected chi connectivity index (χ4v) is 7.29. The number of para-hydroxylation sites is 2. The Morgan fingerprint density at radius 3 is 1.46 bits per heavy atom. The highest BCUT2D eigenvalue weighted by Crippen LogP contribution is 2.41. The maximum absolute atomic E-state index is 4.70. The third-order valence-electron chi connectivity index (χ3n) is 3.75. The lowest BCUT2D eigenvalue weighted by Gasteiger charge is -2.20. The lowest BCUT2D eigenvalue weighted by molar-refractivity contribution is 0.613. The molecular weight excluding hydrogens is 425 g/mol. The van der Waals surface area contributed by atoms with E-state index in [1.807, 2.05) is 36.4 Å². The van der Waals surface area contributed by atoms with Crippen molar-refractivity contribution in [3.63, 3.8) is 0 Å². The summed E-state index contributed by atoms with van der Waals surface area (Å²) in [7, 11) is 0. The van der Waals surface area contributed by atoms with Gasteiger partial charge < -0.3 is 0 Å². The van der Waals surface area contributed by atoms with E-state index in [0.29, 0.717) is 0 Å². The summed E-state index contributed by atoms with van der Waals surface area (Å²) in [5.41, 5.74) is 2.07. The van der Waals surface area contributed by atoms with Gasteiger partial charge in [0.1, 0.15) is 9.74 Å². The van der Waals surface area contributed by atoms with Crippen LogP contribution in [0.4, 0.5) is 0 Å². The molecule has 4 nitrogen and oxygen atoms in total. The second-order valence-electron chi connectivity index (χ2n) is 7.19. The summed E-state index contributed by atoms with van der Waals surface area (Å²) in [6, 6.07) is 16.4. The summed E-state index contributed by atoms with van der Waals surface area (Å²) >= 11 is 6.69. The maximum Gasteiger partial charge on any atom is 0.153 e. The Balaban J connectivity index is 1.47. The number of thioether (sulfide) groups is 2. The van der Waals surface area contributed by atoms with Gasteiger partial charge in [-0.1, -0.05) is 47.8 Å². The molecule has 4 rings (SSSR count). The van der Waals surface area contributed by atoms with Gasteiger partial charge in [-0.15, -0.1) is 22.7 Å². The minimum atomic E-state index is -0.390. The van der Waals surface area contributed by atoms with Crippen LogP contribution in [0.1, 0.15) is 27.7 Å². The van der Waals surface area contributed by atoms with E-state index >= 15 is 0 Å². The van der Waals surface area contributed by atoms with Gasteiger partial charge in [0.2, 0.25) is 0 Å². The van der Waals surface area contributed by atoms with Gasteiger partial charge in [-0.25, -0.2) is 9.97 Å². The maximum atomic E-state index is 4.70. The number of benzene rings is 2. The molecule has 2 aromatic carbocycles. The second kappa shape index (κ2) is 7.74. The molecule has 4 aromatic rings. The predicted molar refractivity (Wildman–Crippen MR) is 124 cm³/mol. The van der Waals surface area contributed by atoms with Gasteiger partial charge in [-0.3, -0.25) is 0 Å². The van der Waals surface area contributed by atoms with Crippen LogP contribution in [0.25, 0.3) is 20.4 Å². The Hall–Kier alpha value is -1.48. The van der Waals surface area contributed by atoms with Crippen molar-refractivity contribution in [2.45, 2.75) is 46.1 Å². The van der Waals surface area contributed by atoms with Crippen LogP contribution in [-0.2, 0) is 0 Å². The highest BCUT2D eigenvalue weighted by atomic mass is 32.2. The van der Waals surface area contributed by atoms with Crippen molar-refractivity contribution in [1.82, 2.24) is 9.97 Å². The van der Waals surface area contributed by atoms with Crippen LogP contribution in [0.2, 0.25) is 0 Å². The van der Waals surface area contributed by atoms with Gasteiger partial charge in [-0.05, 0) is 52.0 Å². The molecule has 144 valence electrons. The zero-order valence-corrected chi connectivity index (χ0v) is 19.3. The minimum Gasteiger partial charge on any atom is -0.230 e. The van der Waals surface area contributed by atoms with Crippen LogP contribution in [0.15, 0.2) is 67.4 Å². The molecule has 0 unspecified atom stereocenters. The highest BCUT2D eigenvalue weighted by Gasteiger charge is 2.26. The molecule has 0 aliphatic rings. The zero-order chi connectivity index (χ0) is 19.8. The van der Waals surface area contributed by atoms with Gasteiger partial charge in [-0.2, -0.15) is 10.2 Å². The van der Waals surface area contributed by atoms with E-state index < -0.39 is 0 Å². The van der Waals surface area contributed by atoms with Crippen molar-refractivity contribution in [1.29, 1.82) is 0 Å². The van der Waals surface area contributed by atoms with E-state index in [0.717, 1.165) is 19.7 Å². The van der Waals surface area contributed by atoms with Crippen molar-refractivity contribution in [2.24, 2.45) is 10.2 Å². The molecule has 0 saturated heterocycles. The van der Waals surface area contributed by atoms with Gasteiger partial charge in [0.15, 0.2) is 8.68 Å². The molecule has 0 aliphatic carbocycles. The molecule has 0 bridgehead atoms. The van der Waals surface area contributed by atoms with Crippen molar-refractivity contribution >= 4 is 66.6 Å². The first kappa shape index (κ1) is 19.8. The van der Waals surface area contributed by atoms with Crippen molar-refractivity contribution in [2.75, 3.05) is 0 Å². The van der Waals surface area contributed by atoms with Gasteiger partial charge in [0.05, 0.1) is 20.4 Å². The molecule has 28 heavy (non-hydrogen) atoms. The summed E-state index contributed by atoms with van der Waals surface area (Å²) in [6.45, 7) is 8.30. The quantitative estimate of drug-likeness (QED) is 0.226. The van der Waals surface area contributed by atoms with E-state index in [4.69, 9.17) is 9.97 Å². The van der Waals surface area contributed by atoms with Crippen molar-refractivity contribution in [3.05, 3.63) is 48.5 Å². The molecule has 0 saturated carbocycles. The first-order chi connectivity index (χ1) is 13.3. The van der Waals surface area contributed by atoms with E-state index in [1.54, 1.807) is 46.2 Å². The van der Waals surface area contributed by atoms with Crippen LogP contribution < -0.4 is 0 Å². The van der Waals surface area contributed by atoms with Crippen molar-refractivity contribution < 1.29 is 0 Å². The molecule has 0 fully saturated rings. The Morgan fingerprint density at radius 1 is 0.679 bits per heavy atom. The predicted octanol–water partition coefficient (Wildman–Crippen LogP) is 7.71. The zero-order valence-electron chi connectivity index (χ0n) is 16.0. The first-order valence-electron chi connectivity index (χ1n) is 8.83. The van der Waals surface area contributed by atoms with E-state index in [9.17, 15) is 0 Å². The van der Waals surface area contributed by atoms with E-state index in [1.165, 1.54) is 9.40 Å². The molecule has 0 radical (unpaired) electrons. The first-order valence-corrected chi connectivity index (χ1v) is 12.1. The molecule has 0 aliphatic heterocycles. The van der Waals surface area contributed by atoms with Crippen LogP contribution in [0, 0.1) is 0 Å². The number of fused-ring (bicyclic) bond motifs is 2. The monoisotopic (exact) mass is 444 g/mol. The number of nitrogens with zero attached hydrogens (tertiary/aromatic N) is 4. The van der Waals surface area contributed by atoms with Crippen LogP contribution in [0.5, 0.6) is 0 Å². The number of aromatic nitrogens is 2. The Morgan fingerprint density at radius 2 is 1.07 bits per heavy atom. The SMILES string of the molecule is CC(C)(/N=N/C(C)(C)Sc1nc2ccccc2s1)Sc1nc2ccccc2s1. The summed E-state index contributed by atoms with van der Waals surface area (Å²) in [6.07, 6.45) is 0. The normalized spacial score (nSPS) is 13.1. The highest BCUT2D eigenvalue weighted by molar-refractivity contribution is 8.02. The third-order valence-corrected chi connectivity index (χ3v) is 8.11. The third kappa shape index (κ3) is 4.74. The molecule has 0 amide bonds. The number of rotatable bonds is 6. The Labute approximate surface area is 180 Å². The van der Waals surface area contributed by atoms with Crippen LogP contribution in [-0.4, -0.2) is 19.7 Å². The molecule has 8 heteroatoms. The molecule has 0 spiro atoms. The largest absolute Gasteiger partial charge is 0.230 e. The number of hydrogen-bond donors (Lipinski definition) is 0. The van der Waals surface area contributed by atoms with E-state index in [2.05, 4.69) is 50.1 Å². The molecule has 0 atom stereocenters. The fraction of sp³-hybridized carbons (Fsp3) is 0.300. The standard InChI is InChI=1S/C20H20N4S4/c1-19(2,27-17-21-13-9-5-7-11-15(13)25-17)23-24-20(3,4)28-18-22-14-10-6-8-12-16(14)26-18/h5-12H,1-4H3/b24-23+. The summed E-state index contributed by atoms with van der Waals surface area (Å²) in [5.74, 6) is 0. The Bertz CT molecular complexity index is 987. The molecule has 2 heterocycles. The fourth-order valence-electron chi connectivity index (χ4n) is 2.50. The van der Waals surface area contributed by atoms with Crippen LogP contribution >= 0.6 is 46.2 Å². The Kier molecular flexibility index (Phi) is 5.48. The summed E-state index contributed by atoms with van der Waals surface area (Å²) < 4.78 is 4.43. The van der Waals surface area contributed by atoms with Gasteiger partial charge >= 0.3 is 0 Å². The number of azo groups is 1. The van der Waals surface area contributed by atoms with E-state index in [-0.39, 0.29) is 9.74 Å². The smallest absolute Gasteiger partial charge is 0.153 e. The minimum absolute atomic E-state index is 0.390. The summed E-state index contributed by atoms with van der Waals surface area (Å²) in [4.78, 5) is 8.62. The molecule has 2 aromatic heterocycles. The lowest BCUT2D eigenvalue weighted by Crippen LogP contribution is -2.15. The number of hydrogen-bond acceptors (Lipinski definition) is 8. The topological polar surface area (TPSA) is 50.5 Å². The summed E-state index contributed by atoms with van der Waals surface area (Å²) in [5, 5.41) is 9.31. The van der Waals surface area contributed by atoms with Gasteiger partial charge in [0, 0.05) is 0 Å². The average Bonchev–Trinajstić information content (AvgIpc) is 3.21. The molecular formula is C20H20N4S4.